The van der Waals surface area contributed by atoms with Crippen LogP contribution in [0, 0.1) is 55.4 Å². The summed E-state index contributed by atoms with van der Waals surface area (Å²) in [4.78, 5) is 29.0. The quantitative estimate of drug-likeness (QED) is 0.0632. The minimum atomic E-state index is 0.0924. The molecule has 0 unspecified atom stereocenters. The van der Waals surface area contributed by atoms with Crippen LogP contribution >= 0.6 is 0 Å². The van der Waals surface area contributed by atoms with Crippen LogP contribution in [-0.4, -0.2) is 53.3 Å². The fourth-order valence-corrected chi connectivity index (χ4v) is 9.46. The van der Waals surface area contributed by atoms with E-state index in [9.17, 15) is 10.2 Å². The van der Waals surface area contributed by atoms with Crippen molar-refractivity contribution in [2.45, 2.75) is 146 Å². The van der Waals surface area contributed by atoms with Crippen molar-refractivity contribution in [3.8, 4) is 91.3 Å². The number of aromatic hydroxyl groups is 2. The number of hydrogen-bond donors (Lipinski definition) is 2. The van der Waals surface area contributed by atoms with Crippen LogP contribution in [-0.2, 0) is 0 Å². The molecule has 2 aromatic heterocycles. The Labute approximate surface area is 452 Å². The highest BCUT2D eigenvalue weighted by Gasteiger charge is 2.20. The summed E-state index contributed by atoms with van der Waals surface area (Å²) in [5.74, 6) is 4.71. The maximum absolute atomic E-state index is 11.0. The van der Waals surface area contributed by atoms with Crippen molar-refractivity contribution in [1.29, 1.82) is 0 Å². The molecule has 6 aromatic carbocycles. The van der Waals surface area contributed by atoms with Crippen LogP contribution in [0.25, 0.3) is 68.3 Å². The zero-order chi connectivity index (χ0) is 54.1. The van der Waals surface area contributed by atoms with E-state index in [2.05, 4.69) is 142 Å². The molecular weight excluding hydrogens is 941 g/mol. The number of phenols is 2. The Hall–Kier alpha value is -7.46. The molecule has 0 saturated heterocycles. The van der Waals surface area contributed by atoms with Gasteiger partial charge in [0.1, 0.15) is 23.0 Å². The summed E-state index contributed by atoms with van der Waals surface area (Å²) >= 11 is 0. The van der Waals surface area contributed by atoms with Crippen molar-refractivity contribution in [3.63, 3.8) is 0 Å². The van der Waals surface area contributed by atoms with Crippen LogP contribution in [0.5, 0.6) is 23.0 Å². The molecular formula is C66H78N6O4. The molecule has 76 heavy (non-hydrogen) atoms. The van der Waals surface area contributed by atoms with Crippen molar-refractivity contribution in [1.82, 2.24) is 29.9 Å². The molecule has 0 amide bonds. The largest absolute Gasteiger partial charge is 0.507 e. The molecule has 0 bridgehead atoms. The highest BCUT2D eigenvalue weighted by atomic mass is 16.5. The number of aromatic nitrogens is 6. The SMILES string of the molecule is CCCCCCCCOc1ccc(-c2nc(-c3ccc(C)cc3C)nc(-c3ccc(C)cc3C)n2)c(O)c1.CCCCCCCCOc1ccc(-c2nc(-c3ccc(C)cc3C)nc(-c3ccc(C)cc3C)n2)c(O)c1. The highest BCUT2D eigenvalue weighted by molar-refractivity contribution is 5.74. The molecule has 2 heterocycles. The van der Waals surface area contributed by atoms with Crippen LogP contribution in [0.15, 0.2) is 109 Å². The first-order valence-electron chi connectivity index (χ1n) is 27.5. The number of ether oxygens (including phenoxy) is 2. The molecule has 10 nitrogen and oxygen atoms in total. The Bertz CT molecular complexity index is 2870. The number of aryl methyl sites for hydroxylation is 8. The molecule has 0 atom stereocenters. The molecule has 2 N–H and O–H groups in total. The molecule has 0 spiro atoms. The molecule has 0 radical (unpaired) electrons. The molecule has 10 heteroatoms. The molecule has 0 aliphatic heterocycles. The summed E-state index contributed by atoms with van der Waals surface area (Å²) in [5.41, 5.74) is 14.0. The van der Waals surface area contributed by atoms with Crippen molar-refractivity contribution < 1.29 is 19.7 Å². The van der Waals surface area contributed by atoms with E-state index < -0.39 is 0 Å². The maximum atomic E-state index is 11.0. The highest BCUT2D eigenvalue weighted by Crippen LogP contribution is 2.36. The fraction of sp³-hybridized carbons (Fsp3) is 0.364. The van der Waals surface area contributed by atoms with E-state index in [1.165, 1.54) is 73.6 Å². The molecule has 0 aliphatic carbocycles. The predicted octanol–water partition coefficient (Wildman–Crippen LogP) is 17.1. The van der Waals surface area contributed by atoms with E-state index >= 15 is 0 Å². The molecule has 396 valence electrons. The summed E-state index contributed by atoms with van der Waals surface area (Å²) in [5, 5.41) is 21.9. The Morgan fingerprint density at radius 1 is 0.303 bits per heavy atom. The second-order valence-corrected chi connectivity index (χ2v) is 20.5. The van der Waals surface area contributed by atoms with E-state index in [4.69, 9.17) is 39.4 Å². The second-order valence-electron chi connectivity index (χ2n) is 20.5. The van der Waals surface area contributed by atoms with Crippen molar-refractivity contribution in [2.75, 3.05) is 13.2 Å². The van der Waals surface area contributed by atoms with Gasteiger partial charge in [0.15, 0.2) is 34.9 Å². The van der Waals surface area contributed by atoms with Crippen LogP contribution < -0.4 is 9.47 Å². The van der Waals surface area contributed by atoms with Gasteiger partial charge in [-0.15, -0.1) is 0 Å². The summed E-state index contributed by atoms with van der Waals surface area (Å²) in [6.45, 7) is 22.3. The fourth-order valence-electron chi connectivity index (χ4n) is 9.46. The van der Waals surface area contributed by atoms with Crippen LogP contribution in [0.4, 0.5) is 0 Å². The first-order valence-corrected chi connectivity index (χ1v) is 27.5. The number of hydrogen-bond acceptors (Lipinski definition) is 10. The maximum Gasteiger partial charge on any atom is 0.167 e. The number of rotatable bonds is 22. The van der Waals surface area contributed by atoms with Gasteiger partial charge in [-0.05, 0) is 115 Å². The van der Waals surface area contributed by atoms with Gasteiger partial charge < -0.3 is 19.7 Å². The van der Waals surface area contributed by atoms with Crippen LogP contribution in [0.3, 0.4) is 0 Å². The zero-order valence-electron chi connectivity index (χ0n) is 46.7. The van der Waals surface area contributed by atoms with Gasteiger partial charge in [-0.2, -0.15) is 0 Å². The number of nitrogens with zero attached hydrogens (tertiary/aromatic N) is 6. The van der Waals surface area contributed by atoms with E-state index in [0.717, 1.165) is 70.2 Å². The minimum absolute atomic E-state index is 0.0924. The lowest BCUT2D eigenvalue weighted by Crippen LogP contribution is -2.02. The van der Waals surface area contributed by atoms with Gasteiger partial charge in [-0.25, -0.2) is 29.9 Å². The van der Waals surface area contributed by atoms with Crippen molar-refractivity contribution in [2.24, 2.45) is 0 Å². The van der Waals surface area contributed by atoms with Gasteiger partial charge in [0.2, 0.25) is 0 Å². The third-order valence-corrected chi connectivity index (χ3v) is 13.7. The predicted molar refractivity (Wildman–Crippen MR) is 311 cm³/mol. The monoisotopic (exact) mass is 1020 g/mol. The van der Waals surface area contributed by atoms with Crippen molar-refractivity contribution >= 4 is 0 Å². The Morgan fingerprint density at radius 2 is 0.553 bits per heavy atom. The van der Waals surface area contributed by atoms with Gasteiger partial charge >= 0.3 is 0 Å². The van der Waals surface area contributed by atoms with E-state index in [-0.39, 0.29) is 11.5 Å². The minimum Gasteiger partial charge on any atom is -0.507 e. The van der Waals surface area contributed by atoms with E-state index in [1.807, 2.05) is 24.3 Å². The van der Waals surface area contributed by atoms with Gasteiger partial charge in [-0.1, -0.05) is 173 Å². The lowest BCUT2D eigenvalue weighted by atomic mass is 10.0. The van der Waals surface area contributed by atoms with Crippen LogP contribution in [0.1, 0.15) is 135 Å². The first-order chi connectivity index (χ1) is 36.7. The smallest absolute Gasteiger partial charge is 0.167 e. The Balaban J connectivity index is 0.000000221. The topological polar surface area (TPSA) is 136 Å². The Morgan fingerprint density at radius 3 is 0.816 bits per heavy atom. The molecule has 8 rings (SSSR count). The number of benzene rings is 6. The second kappa shape index (κ2) is 27.4. The zero-order valence-corrected chi connectivity index (χ0v) is 46.7. The number of phenolic OH excluding ortho intramolecular Hbond substituents is 2. The normalized spacial score (nSPS) is 11.1. The lowest BCUT2D eigenvalue weighted by Gasteiger charge is -2.13. The summed E-state index contributed by atoms with van der Waals surface area (Å²) in [6, 6.07) is 35.7. The van der Waals surface area contributed by atoms with Gasteiger partial charge in [0.25, 0.3) is 0 Å². The standard InChI is InChI=1S/2C33H39N3O2/c2*1-6-7-8-9-10-11-18-38-26-14-17-29(30(37)21-26)33-35-31(27-15-12-22(2)19-24(27)4)34-32(36-33)28-16-13-23(3)20-25(28)5/h2*12-17,19-21,37H,6-11,18H2,1-5H3. The number of unbranched alkanes of at least 4 members (excludes halogenated alkanes) is 10. The van der Waals surface area contributed by atoms with Crippen molar-refractivity contribution in [3.05, 3.63) is 154 Å². The summed E-state index contributed by atoms with van der Waals surface area (Å²) in [6.07, 6.45) is 14.5. The molecule has 8 aromatic rings. The third-order valence-electron chi connectivity index (χ3n) is 13.7. The lowest BCUT2D eigenvalue weighted by molar-refractivity contribution is 0.302. The summed E-state index contributed by atoms with van der Waals surface area (Å²) in [7, 11) is 0. The molecule has 0 fully saturated rings. The average molecular weight is 1020 g/mol. The third kappa shape index (κ3) is 15.3. The van der Waals surface area contributed by atoms with E-state index in [0.29, 0.717) is 70.8 Å². The summed E-state index contributed by atoms with van der Waals surface area (Å²) < 4.78 is 11.8. The van der Waals surface area contributed by atoms with Gasteiger partial charge in [0, 0.05) is 34.4 Å². The first kappa shape index (κ1) is 56.3. The molecule has 0 aliphatic rings. The van der Waals surface area contributed by atoms with E-state index in [1.54, 1.807) is 12.1 Å². The van der Waals surface area contributed by atoms with Crippen LogP contribution in [0.2, 0.25) is 0 Å². The Kier molecular flexibility index (Phi) is 20.3. The van der Waals surface area contributed by atoms with Gasteiger partial charge in [-0.3, -0.25) is 0 Å². The molecule has 0 saturated carbocycles. The van der Waals surface area contributed by atoms with Gasteiger partial charge in [0.05, 0.1) is 24.3 Å². The average Bonchev–Trinajstić information content (AvgIpc) is 3.40.